The first-order chi connectivity index (χ1) is 19.2. The Morgan fingerprint density at radius 1 is 1.12 bits per heavy atom. The summed E-state index contributed by atoms with van der Waals surface area (Å²) in [7, 11) is 0. The number of aryl methyl sites for hydroxylation is 2. The predicted octanol–water partition coefficient (Wildman–Crippen LogP) is 0.713. The minimum atomic E-state index is -0.946. The second kappa shape index (κ2) is 10.9. The third-order valence-electron chi connectivity index (χ3n) is 8.03. The number of rotatable bonds is 8. The van der Waals surface area contributed by atoms with Crippen LogP contribution in [0.25, 0.3) is 0 Å². The van der Waals surface area contributed by atoms with Gasteiger partial charge in [-0.15, -0.1) is 10.2 Å². The van der Waals surface area contributed by atoms with E-state index < -0.39 is 23.3 Å². The standard InChI is InChI=1S/C28H31N9O3/c1-16(32-15-24(38)37-10-2-3-21(37)14-29)13-28(27-33-35-36-34-27)22-8-6-19(25(30)39)11-17(22)4-5-18-12-20(26(31)40)7-9-23(18)28/h6-9,11-12,16,21,32H,2-5,10,13,15H2,1H3,(H2,30,39)(H2,31,40)(H,33,34,35,36)/t16-,21-/m0/s1. The quantitative estimate of drug-likeness (QED) is 0.320. The van der Waals surface area contributed by atoms with Crippen molar-refractivity contribution >= 4 is 17.7 Å². The third-order valence-corrected chi connectivity index (χ3v) is 8.03. The van der Waals surface area contributed by atoms with E-state index in [0.29, 0.717) is 49.2 Å². The summed E-state index contributed by atoms with van der Waals surface area (Å²) in [5.41, 5.74) is 14.6. The number of carbonyl (C=O) groups excluding carboxylic acids is 3. The Hall–Kier alpha value is -4.63. The molecule has 2 aromatic carbocycles. The largest absolute Gasteiger partial charge is 0.366 e. The Kier molecular flexibility index (Phi) is 7.32. The topological polar surface area (TPSA) is 197 Å². The molecule has 206 valence electrons. The number of nitrogens with two attached hydrogens (primary N) is 2. The van der Waals surface area contributed by atoms with Crippen LogP contribution in [0.3, 0.4) is 0 Å². The number of likely N-dealkylation sites (tertiary alicyclic amines) is 1. The first kappa shape index (κ1) is 27.0. The number of aromatic nitrogens is 4. The van der Waals surface area contributed by atoms with Crippen LogP contribution < -0.4 is 16.8 Å². The van der Waals surface area contributed by atoms with Crippen molar-refractivity contribution in [2.24, 2.45) is 11.5 Å². The fourth-order valence-electron chi connectivity index (χ4n) is 6.14. The number of nitrogens with one attached hydrogen (secondary N) is 2. The molecule has 1 fully saturated rings. The number of hydrogen-bond donors (Lipinski definition) is 4. The molecule has 0 unspecified atom stereocenters. The van der Waals surface area contributed by atoms with Gasteiger partial charge < -0.3 is 21.7 Å². The number of carbonyl (C=O) groups is 3. The van der Waals surface area contributed by atoms with Crippen molar-refractivity contribution in [2.75, 3.05) is 13.1 Å². The van der Waals surface area contributed by atoms with E-state index in [0.717, 1.165) is 28.7 Å². The lowest BCUT2D eigenvalue weighted by molar-refractivity contribution is -0.130. The van der Waals surface area contributed by atoms with Crippen LogP contribution in [0.15, 0.2) is 36.4 Å². The molecule has 3 amide bonds. The zero-order valence-corrected chi connectivity index (χ0v) is 22.2. The van der Waals surface area contributed by atoms with Gasteiger partial charge in [0.05, 0.1) is 18.0 Å². The van der Waals surface area contributed by atoms with Gasteiger partial charge in [0.15, 0.2) is 5.82 Å². The average molecular weight is 542 g/mol. The first-order valence-corrected chi connectivity index (χ1v) is 13.3. The molecule has 0 radical (unpaired) electrons. The molecule has 3 aromatic rings. The molecule has 40 heavy (non-hydrogen) atoms. The Morgan fingerprint density at radius 3 is 2.27 bits per heavy atom. The van der Waals surface area contributed by atoms with E-state index in [9.17, 15) is 19.6 Å². The van der Waals surface area contributed by atoms with Gasteiger partial charge in [-0.05, 0) is 85.5 Å². The van der Waals surface area contributed by atoms with E-state index in [1.807, 2.05) is 19.1 Å². The number of nitriles is 1. The van der Waals surface area contributed by atoms with Gasteiger partial charge in [-0.3, -0.25) is 14.4 Å². The minimum Gasteiger partial charge on any atom is -0.366 e. The van der Waals surface area contributed by atoms with E-state index in [4.69, 9.17) is 11.5 Å². The van der Waals surface area contributed by atoms with Gasteiger partial charge in [0, 0.05) is 23.7 Å². The fourth-order valence-corrected chi connectivity index (χ4v) is 6.14. The number of benzene rings is 2. The molecule has 0 saturated carbocycles. The van der Waals surface area contributed by atoms with Crippen molar-refractivity contribution in [1.82, 2.24) is 30.8 Å². The van der Waals surface area contributed by atoms with Gasteiger partial charge in [-0.25, -0.2) is 0 Å². The van der Waals surface area contributed by atoms with E-state index in [1.54, 1.807) is 29.2 Å². The molecule has 2 atom stereocenters. The first-order valence-electron chi connectivity index (χ1n) is 13.3. The van der Waals surface area contributed by atoms with E-state index >= 15 is 0 Å². The predicted molar refractivity (Wildman–Crippen MR) is 144 cm³/mol. The summed E-state index contributed by atoms with van der Waals surface area (Å²) in [4.78, 5) is 38.7. The summed E-state index contributed by atoms with van der Waals surface area (Å²) >= 11 is 0. The Morgan fingerprint density at radius 2 is 1.75 bits per heavy atom. The van der Waals surface area contributed by atoms with Crippen LogP contribution in [0.1, 0.15) is 75.0 Å². The average Bonchev–Trinajstić information content (AvgIpc) is 3.64. The van der Waals surface area contributed by atoms with Crippen molar-refractivity contribution in [3.8, 4) is 6.07 Å². The maximum atomic E-state index is 13.0. The summed E-state index contributed by atoms with van der Waals surface area (Å²) in [6, 6.07) is 12.3. The molecule has 2 aliphatic rings. The van der Waals surface area contributed by atoms with Crippen LogP contribution in [0.5, 0.6) is 0 Å². The smallest absolute Gasteiger partial charge is 0.248 e. The number of hydrogen-bond acceptors (Lipinski definition) is 8. The van der Waals surface area contributed by atoms with Crippen LogP contribution in [-0.4, -0.2) is 68.4 Å². The van der Waals surface area contributed by atoms with Gasteiger partial charge in [0.25, 0.3) is 0 Å². The van der Waals surface area contributed by atoms with Gasteiger partial charge in [0.1, 0.15) is 6.04 Å². The van der Waals surface area contributed by atoms with Crippen LogP contribution >= 0.6 is 0 Å². The highest BCUT2D eigenvalue weighted by Gasteiger charge is 2.45. The molecule has 1 aliphatic carbocycles. The zero-order valence-electron chi connectivity index (χ0n) is 22.2. The monoisotopic (exact) mass is 541 g/mol. The summed E-state index contributed by atoms with van der Waals surface area (Å²) in [6.07, 6.45) is 3.08. The second-order valence-corrected chi connectivity index (χ2v) is 10.5. The summed E-state index contributed by atoms with van der Waals surface area (Å²) < 4.78 is 0. The Bertz CT molecular complexity index is 1430. The molecule has 12 nitrogen and oxygen atoms in total. The molecule has 0 spiro atoms. The third kappa shape index (κ3) is 4.80. The van der Waals surface area contributed by atoms with Crippen LogP contribution in [0, 0.1) is 11.3 Å². The number of primary amides is 2. The van der Waals surface area contributed by atoms with Gasteiger partial charge in [-0.2, -0.15) is 10.5 Å². The van der Waals surface area contributed by atoms with Gasteiger partial charge >= 0.3 is 0 Å². The normalized spacial score (nSPS) is 18.2. The van der Waals surface area contributed by atoms with Crippen molar-refractivity contribution in [3.63, 3.8) is 0 Å². The second-order valence-electron chi connectivity index (χ2n) is 10.5. The lowest BCUT2D eigenvalue weighted by Gasteiger charge is -2.36. The molecule has 0 bridgehead atoms. The van der Waals surface area contributed by atoms with Crippen LogP contribution in [0.4, 0.5) is 0 Å². The lowest BCUT2D eigenvalue weighted by Crippen LogP contribution is -2.45. The molecule has 5 rings (SSSR count). The van der Waals surface area contributed by atoms with Crippen LogP contribution in [-0.2, 0) is 23.1 Å². The summed E-state index contributed by atoms with van der Waals surface area (Å²) in [6.45, 7) is 2.62. The van der Waals surface area contributed by atoms with Gasteiger partial charge in [-0.1, -0.05) is 17.3 Å². The van der Waals surface area contributed by atoms with E-state index in [1.165, 1.54) is 0 Å². The Labute approximate surface area is 231 Å². The highest BCUT2D eigenvalue weighted by Crippen LogP contribution is 2.46. The molecule has 1 aromatic heterocycles. The fraction of sp³-hybridized carbons (Fsp3) is 0.393. The molecule has 6 N–H and O–H groups in total. The Balaban J connectivity index is 1.58. The number of tetrazole rings is 1. The molecule has 1 saturated heterocycles. The molecular weight excluding hydrogens is 510 g/mol. The highest BCUT2D eigenvalue weighted by atomic mass is 16.2. The zero-order chi connectivity index (χ0) is 28.4. The number of aromatic amines is 1. The highest BCUT2D eigenvalue weighted by molar-refractivity contribution is 5.94. The van der Waals surface area contributed by atoms with Gasteiger partial charge in [0.2, 0.25) is 17.7 Å². The number of H-pyrrole nitrogens is 1. The molecule has 1 aliphatic heterocycles. The number of nitrogens with zero attached hydrogens (tertiary/aromatic N) is 5. The van der Waals surface area contributed by atoms with E-state index in [2.05, 4.69) is 32.0 Å². The van der Waals surface area contributed by atoms with Crippen LogP contribution in [0.2, 0.25) is 0 Å². The maximum absolute atomic E-state index is 13.0. The maximum Gasteiger partial charge on any atom is 0.248 e. The summed E-state index contributed by atoms with van der Waals surface area (Å²) in [5.74, 6) is -0.767. The minimum absolute atomic E-state index is 0.0720. The lowest BCUT2D eigenvalue weighted by atomic mass is 9.67. The number of amides is 3. The molecular formula is C28H31N9O3. The molecule has 12 heteroatoms. The van der Waals surface area contributed by atoms with Crippen molar-refractivity contribution in [2.45, 2.75) is 56.5 Å². The van der Waals surface area contributed by atoms with Crippen molar-refractivity contribution in [3.05, 3.63) is 75.6 Å². The van der Waals surface area contributed by atoms with Crippen molar-refractivity contribution in [1.29, 1.82) is 5.26 Å². The molecule has 2 heterocycles. The SMILES string of the molecule is C[C@@H](CC1(c2nn[nH]n2)c2ccc(C(N)=O)cc2CCc2cc(C(N)=O)ccc21)NCC(=O)N1CCC[C@H]1C#N. The van der Waals surface area contributed by atoms with E-state index in [-0.39, 0.29) is 18.5 Å². The summed E-state index contributed by atoms with van der Waals surface area (Å²) in [5, 5.41) is 28.0. The number of fused-ring (bicyclic) bond motifs is 2. The van der Waals surface area contributed by atoms with Crippen molar-refractivity contribution < 1.29 is 14.4 Å².